The number of sulfonamides is 1. The lowest BCUT2D eigenvalue weighted by Crippen LogP contribution is -2.46. The molecule has 2 aromatic carbocycles. The molecule has 0 bridgehead atoms. The van der Waals surface area contributed by atoms with Crippen molar-refractivity contribution in [1.82, 2.24) is 4.47 Å². The first-order valence-electron chi connectivity index (χ1n) is 8.85. The number of ether oxygens (including phenoxy) is 1. The van der Waals surface area contributed by atoms with Crippen molar-refractivity contribution in [1.29, 1.82) is 0 Å². The van der Waals surface area contributed by atoms with Gasteiger partial charge in [0.15, 0.2) is 0 Å². The van der Waals surface area contributed by atoms with E-state index in [0.29, 0.717) is 0 Å². The molecule has 8 nitrogen and oxygen atoms in total. The van der Waals surface area contributed by atoms with Crippen LogP contribution in [0, 0.1) is 0 Å². The van der Waals surface area contributed by atoms with Crippen LogP contribution in [0.25, 0.3) is 0 Å². The molecular weight excluding hydrogens is 396 g/mol. The zero-order valence-electron chi connectivity index (χ0n) is 16.4. The lowest BCUT2D eigenvalue weighted by atomic mass is 10.1. The number of nitrogens with zero attached hydrogens (tertiary/aromatic N) is 1. The van der Waals surface area contributed by atoms with Gasteiger partial charge in [0, 0.05) is 0 Å². The number of carbonyl (C=O) groups excluding carboxylic acids is 2. The number of hydroxylamine groups is 1. The van der Waals surface area contributed by atoms with E-state index < -0.39 is 33.7 Å². The van der Waals surface area contributed by atoms with Gasteiger partial charge in [-0.2, -0.15) is 8.42 Å². The Labute approximate surface area is 170 Å². The first-order chi connectivity index (χ1) is 13.5. The van der Waals surface area contributed by atoms with E-state index in [1.165, 1.54) is 24.3 Å². The van der Waals surface area contributed by atoms with E-state index in [-0.39, 0.29) is 15.8 Å². The van der Waals surface area contributed by atoms with E-state index in [1.54, 1.807) is 51.1 Å². The first kappa shape index (κ1) is 22.4. The molecule has 0 fully saturated rings. The van der Waals surface area contributed by atoms with Crippen molar-refractivity contribution in [3.63, 3.8) is 0 Å². The summed E-state index contributed by atoms with van der Waals surface area (Å²) in [6.07, 6.45) is -1.24. The summed E-state index contributed by atoms with van der Waals surface area (Å²) >= 11 is 0. The third kappa shape index (κ3) is 6.30. The van der Waals surface area contributed by atoms with Gasteiger partial charge in [-0.1, -0.05) is 48.5 Å². The highest BCUT2D eigenvalue weighted by atomic mass is 32.2. The molecule has 29 heavy (non-hydrogen) atoms. The summed E-state index contributed by atoms with van der Waals surface area (Å²) in [7, 11) is -4.51. The van der Waals surface area contributed by atoms with Crippen molar-refractivity contribution < 1.29 is 27.6 Å². The molecule has 156 valence electrons. The average Bonchev–Trinajstić information content (AvgIpc) is 2.65. The quantitative estimate of drug-likeness (QED) is 0.739. The van der Waals surface area contributed by atoms with Crippen LogP contribution in [0.4, 0.5) is 4.79 Å². The average molecular weight is 420 g/mol. The Hall–Kier alpha value is -2.91. The summed E-state index contributed by atoms with van der Waals surface area (Å²) in [5.74, 6) is -1.08. The topological polar surface area (TPSA) is 116 Å². The summed E-state index contributed by atoms with van der Waals surface area (Å²) in [4.78, 5) is 29.6. The van der Waals surface area contributed by atoms with Gasteiger partial charge in [-0.25, -0.2) is 9.59 Å². The van der Waals surface area contributed by atoms with Gasteiger partial charge in [0.25, 0.3) is 0 Å². The van der Waals surface area contributed by atoms with E-state index in [2.05, 4.69) is 0 Å². The van der Waals surface area contributed by atoms with Crippen molar-refractivity contribution >= 4 is 22.1 Å². The van der Waals surface area contributed by atoms with E-state index in [9.17, 15) is 18.0 Å². The highest BCUT2D eigenvalue weighted by molar-refractivity contribution is 7.89. The third-order valence-corrected chi connectivity index (χ3v) is 5.10. The van der Waals surface area contributed by atoms with E-state index >= 15 is 0 Å². The normalized spacial score (nSPS) is 12.7. The predicted octanol–water partition coefficient (Wildman–Crippen LogP) is 2.64. The predicted molar refractivity (Wildman–Crippen MR) is 106 cm³/mol. The molecule has 0 saturated carbocycles. The van der Waals surface area contributed by atoms with Crippen LogP contribution in [-0.2, 0) is 30.8 Å². The second kappa shape index (κ2) is 9.06. The maximum atomic E-state index is 12.9. The van der Waals surface area contributed by atoms with Crippen molar-refractivity contribution in [2.45, 2.75) is 43.7 Å². The van der Waals surface area contributed by atoms with Gasteiger partial charge in [0.1, 0.15) is 11.6 Å². The standard InChI is InChI=1S/C20H24N2O6S/c1-20(2,3)27-19(24)22(29(25,26)16-12-8-5-9-13-16)28-18(23)17(21)14-15-10-6-4-7-11-15/h4-13,17H,14,21H2,1-3H3/t17-/m0/s1. The first-order valence-corrected chi connectivity index (χ1v) is 10.3. The van der Waals surface area contributed by atoms with Crippen molar-refractivity contribution in [2.75, 3.05) is 0 Å². The number of rotatable bonds is 5. The van der Waals surface area contributed by atoms with Gasteiger partial charge >= 0.3 is 22.1 Å². The summed E-state index contributed by atoms with van der Waals surface area (Å²) in [6, 6.07) is 14.8. The molecule has 0 aromatic heterocycles. The van der Waals surface area contributed by atoms with Crippen LogP contribution in [0.2, 0.25) is 0 Å². The lowest BCUT2D eigenvalue weighted by Gasteiger charge is -2.26. The molecule has 2 rings (SSSR count). The van der Waals surface area contributed by atoms with Gasteiger partial charge in [-0.3, -0.25) is 0 Å². The number of hydrogen-bond acceptors (Lipinski definition) is 7. The molecular formula is C20H24N2O6S. The molecule has 0 aliphatic carbocycles. The molecule has 9 heteroatoms. The lowest BCUT2D eigenvalue weighted by molar-refractivity contribution is -0.168. The van der Waals surface area contributed by atoms with Gasteiger partial charge in [0.05, 0.1) is 4.90 Å². The molecule has 0 radical (unpaired) electrons. The zero-order chi connectivity index (χ0) is 21.7. The minimum atomic E-state index is -4.51. The molecule has 2 N–H and O–H groups in total. The summed E-state index contributed by atoms with van der Waals surface area (Å²) in [5, 5.41) is 0. The summed E-state index contributed by atoms with van der Waals surface area (Å²) in [5.41, 5.74) is 5.60. The van der Waals surface area contributed by atoms with Crippen LogP contribution >= 0.6 is 0 Å². The fourth-order valence-electron chi connectivity index (χ4n) is 2.27. The van der Waals surface area contributed by atoms with Crippen molar-refractivity contribution in [3.05, 3.63) is 66.2 Å². The van der Waals surface area contributed by atoms with Crippen molar-refractivity contribution in [3.8, 4) is 0 Å². The van der Waals surface area contributed by atoms with Gasteiger partial charge < -0.3 is 15.3 Å². The summed E-state index contributed by atoms with van der Waals surface area (Å²) in [6.45, 7) is 4.67. The molecule has 0 unspecified atom stereocenters. The molecule has 2 aromatic rings. The second-order valence-corrected chi connectivity index (χ2v) is 8.99. The Bertz CT molecular complexity index is 940. The number of amides is 1. The zero-order valence-corrected chi connectivity index (χ0v) is 17.3. The van der Waals surface area contributed by atoms with E-state index in [1.807, 2.05) is 6.07 Å². The Morgan fingerprint density at radius 2 is 1.52 bits per heavy atom. The van der Waals surface area contributed by atoms with E-state index in [0.717, 1.165) is 5.56 Å². The van der Waals surface area contributed by atoms with Crippen molar-refractivity contribution in [2.24, 2.45) is 5.73 Å². The van der Waals surface area contributed by atoms with Crippen LogP contribution in [0.15, 0.2) is 65.6 Å². The van der Waals surface area contributed by atoms with Gasteiger partial charge in [0.2, 0.25) is 0 Å². The fraction of sp³-hybridized carbons (Fsp3) is 0.300. The van der Waals surface area contributed by atoms with E-state index in [4.69, 9.17) is 15.3 Å². The second-order valence-electron chi connectivity index (χ2n) is 7.23. The molecule has 0 heterocycles. The van der Waals surface area contributed by atoms with Crippen LogP contribution < -0.4 is 5.73 Å². The maximum Gasteiger partial charge on any atom is 0.459 e. The maximum absolute atomic E-state index is 12.9. The molecule has 0 aliphatic rings. The Morgan fingerprint density at radius 3 is 2.03 bits per heavy atom. The summed E-state index contributed by atoms with van der Waals surface area (Å²) < 4.78 is 30.8. The minimum absolute atomic E-state index is 0.0548. The Balaban J connectivity index is 2.27. The highest BCUT2D eigenvalue weighted by Crippen LogP contribution is 2.20. The number of carbonyl (C=O) groups is 2. The van der Waals surface area contributed by atoms with Gasteiger partial charge in [-0.15, -0.1) is 0 Å². The molecule has 1 atom stereocenters. The van der Waals surface area contributed by atoms with Crippen LogP contribution in [-0.4, -0.2) is 36.6 Å². The number of nitrogens with two attached hydrogens (primary N) is 1. The molecule has 0 spiro atoms. The molecule has 1 amide bonds. The largest absolute Gasteiger partial charge is 0.459 e. The minimum Gasteiger partial charge on any atom is -0.441 e. The SMILES string of the molecule is CC(C)(C)OC(=O)N(OC(=O)[C@@H](N)Cc1ccccc1)S(=O)(=O)c1ccccc1. The Morgan fingerprint density at radius 1 is 1.00 bits per heavy atom. The van der Waals surface area contributed by atoms with Gasteiger partial charge in [-0.05, 0) is 49.4 Å². The fourth-order valence-corrected chi connectivity index (χ4v) is 3.37. The van der Waals surface area contributed by atoms with Crippen LogP contribution in [0.5, 0.6) is 0 Å². The highest BCUT2D eigenvalue weighted by Gasteiger charge is 2.38. The monoisotopic (exact) mass is 420 g/mol. The number of hydrogen-bond donors (Lipinski definition) is 1. The Kier molecular flexibility index (Phi) is 6.99. The van der Waals surface area contributed by atoms with Crippen LogP contribution in [0.3, 0.4) is 0 Å². The van der Waals surface area contributed by atoms with Crippen LogP contribution in [0.1, 0.15) is 26.3 Å². The molecule has 0 aliphatic heterocycles. The smallest absolute Gasteiger partial charge is 0.441 e. The number of benzene rings is 2. The third-order valence-electron chi connectivity index (χ3n) is 3.58. The molecule has 0 saturated heterocycles.